The molecule has 7 aromatic rings. The van der Waals surface area contributed by atoms with Gasteiger partial charge in [-0.25, -0.2) is 0 Å². The highest BCUT2D eigenvalue weighted by atomic mass is 15.0. The van der Waals surface area contributed by atoms with Crippen molar-refractivity contribution in [2.24, 2.45) is 0 Å². The maximum Gasteiger partial charge on any atom is 0.0541 e. The highest BCUT2D eigenvalue weighted by Crippen LogP contribution is 2.37. The zero-order chi connectivity index (χ0) is 36.8. The number of aromatic nitrogens is 1. The first-order valence-corrected chi connectivity index (χ1v) is 18.6. The lowest BCUT2D eigenvalue weighted by Crippen LogP contribution is -2.17. The van der Waals surface area contributed by atoms with Gasteiger partial charge in [-0.1, -0.05) is 161 Å². The molecule has 1 aromatic heterocycles. The summed E-state index contributed by atoms with van der Waals surface area (Å²) in [5, 5.41) is 6.33. The van der Waals surface area contributed by atoms with Gasteiger partial charge in [-0.05, 0) is 106 Å². The summed E-state index contributed by atoms with van der Waals surface area (Å²) in [6.07, 6.45) is 11.4. The van der Waals surface area contributed by atoms with E-state index < -0.39 is 0 Å². The first-order chi connectivity index (χ1) is 25.8. The number of anilines is 1. The Morgan fingerprint density at radius 1 is 0.660 bits per heavy atom. The fourth-order valence-electron chi connectivity index (χ4n) is 7.18. The van der Waals surface area contributed by atoms with Crippen molar-refractivity contribution in [2.45, 2.75) is 45.6 Å². The van der Waals surface area contributed by atoms with E-state index in [2.05, 4.69) is 220 Å². The summed E-state index contributed by atoms with van der Waals surface area (Å²) in [7, 11) is 0. The van der Waals surface area contributed by atoms with E-state index in [1.165, 1.54) is 66.5 Å². The molecule has 0 amide bonds. The molecule has 2 heteroatoms. The number of nitrogens with one attached hydrogen (secondary N) is 1. The predicted octanol–water partition coefficient (Wildman–Crippen LogP) is 13.8. The Balaban J connectivity index is 1.16. The van der Waals surface area contributed by atoms with Crippen LogP contribution in [0.4, 0.5) is 5.69 Å². The van der Waals surface area contributed by atoms with Crippen LogP contribution in [0.1, 0.15) is 50.8 Å². The summed E-state index contributed by atoms with van der Waals surface area (Å²) in [5.41, 5.74) is 13.4. The molecule has 1 N–H and O–H groups in total. The van der Waals surface area contributed by atoms with E-state index >= 15 is 0 Å². The number of hydrogen-bond acceptors (Lipinski definition) is 1. The Morgan fingerprint density at radius 2 is 1.25 bits per heavy atom. The number of rotatable bonds is 11. The van der Waals surface area contributed by atoms with Crippen molar-refractivity contribution < 1.29 is 0 Å². The number of para-hydroxylation sites is 1. The van der Waals surface area contributed by atoms with Crippen LogP contribution in [0.3, 0.4) is 0 Å². The van der Waals surface area contributed by atoms with Crippen LogP contribution >= 0.6 is 0 Å². The minimum Gasteiger partial charge on any atom is -0.378 e. The second kappa shape index (κ2) is 15.6. The fourth-order valence-corrected chi connectivity index (χ4v) is 7.18. The molecule has 53 heavy (non-hydrogen) atoms. The predicted molar refractivity (Wildman–Crippen MR) is 231 cm³/mol. The Kier molecular flexibility index (Phi) is 10.4. The highest BCUT2D eigenvalue weighted by Gasteiger charge is 2.19. The topological polar surface area (TPSA) is 17.0 Å². The van der Waals surface area contributed by atoms with Crippen molar-refractivity contribution in [3.8, 4) is 16.8 Å². The standard InChI is InChI=1S/C51H48N2/c1-6-18-38(39-19-10-7-11-20-39)21-16-17-26-46(41-22-12-8-13-23-41)37(2)52-44-31-27-40(28-32-44)42-29-33-49-47(35-42)48-36-43(51(3,4)5)30-34-50(48)53(49)45-24-14-9-15-25-45/h6-20,22-37,52H,1,21H2,2-5H3/b17-16-,38-18+,46-26+. The van der Waals surface area contributed by atoms with Gasteiger partial charge in [0, 0.05) is 28.2 Å². The lowest BCUT2D eigenvalue weighted by molar-refractivity contribution is 0.591. The molecular formula is C51H48N2. The van der Waals surface area contributed by atoms with Crippen LogP contribution in [0.25, 0.3) is 49.8 Å². The Morgan fingerprint density at radius 3 is 1.89 bits per heavy atom. The molecule has 0 saturated carbocycles. The quantitative estimate of drug-likeness (QED) is 0.134. The van der Waals surface area contributed by atoms with E-state index in [9.17, 15) is 0 Å². The zero-order valence-electron chi connectivity index (χ0n) is 31.3. The maximum atomic E-state index is 3.93. The number of benzene rings is 6. The molecule has 0 radical (unpaired) electrons. The van der Waals surface area contributed by atoms with Crippen LogP contribution in [0.5, 0.6) is 0 Å². The second-order valence-corrected chi connectivity index (χ2v) is 14.7. The number of hydrogen-bond donors (Lipinski definition) is 1. The molecule has 0 bridgehead atoms. The Hall–Kier alpha value is -6.12. The molecular weight excluding hydrogens is 641 g/mol. The lowest BCUT2D eigenvalue weighted by atomic mass is 9.86. The monoisotopic (exact) mass is 688 g/mol. The molecule has 262 valence electrons. The molecule has 0 fully saturated rings. The van der Waals surface area contributed by atoms with Crippen molar-refractivity contribution >= 4 is 38.6 Å². The third-order valence-electron chi connectivity index (χ3n) is 10.0. The average molecular weight is 689 g/mol. The molecule has 0 aliphatic rings. The summed E-state index contributed by atoms with van der Waals surface area (Å²) < 4.78 is 2.39. The molecule has 0 saturated heterocycles. The first-order valence-electron chi connectivity index (χ1n) is 18.6. The fraction of sp³-hybridized carbons (Fsp3) is 0.137. The Bertz CT molecular complexity index is 2420. The van der Waals surface area contributed by atoms with E-state index in [0.29, 0.717) is 0 Å². The highest BCUT2D eigenvalue weighted by molar-refractivity contribution is 6.10. The van der Waals surface area contributed by atoms with Gasteiger partial charge in [0.2, 0.25) is 0 Å². The van der Waals surface area contributed by atoms with Crippen molar-refractivity contribution in [1.29, 1.82) is 0 Å². The van der Waals surface area contributed by atoms with E-state index in [0.717, 1.165) is 12.1 Å². The summed E-state index contributed by atoms with van der Waals surface area (Å²) in [5.74, 6) is 0. The Labute approximate surface area is 315 Å². The van der Waals surface area contributed by atoms with Crippen LogP contribution in [0.2, 0.25) is 0 Å². The van der Waals surface area contributed by atoms with E-state index in [1.54, 1.807) is 0 Å². The maximum absolute atomic E-state index is 3.93. The zero-order valence-corrected chi connectivity index (χ0v) is 31.3. The average Bonchev–Trinajstić information content (AvgIpc) is 3.51. The third kappa shape index (κ3) is 7.88. The minimum absolute atomic E-state index is 0.0629. The molecule has 1 heterocycles. The molecule has 0 aliphatic carbocycles. The molecule has 7 rings (SSSR count). The van der Waals surface area contributed by atoms with Gasteiger partial charge in [0.15, 0.2) is 0 Å². The van der Waals surface area contributed by atoms with Crippen molar-refractivity contribution in [2.75, 3.05) is 5.32 Å². The summed E-state index contributed by atoms with van der Waals surface area (Å²) in [4.78, 5) is 0. The summed E-state index contributed by atoms with van der Waals surface area (Å²) in [6, 6.07) is 54.7. The third-order valence-corrected chi connectivity index (χ3v) is 10.0. The van der Waals surface area contributed by atoms with E-state index in [-0.39, 0.29) is 11.5 Å². The number of nitrogens with zero attached hydrogens (tertiary/aromatic N) is 1. The molecule has 0 aliphatic heterocycles. The van der Waals surface area contributed by atoms with Crippen LogP contribution in [-0.4, -0.2) is 10.6 Å². The number of fused-ring (bicyclic) bond motifs is 3. The van der Waals surface area contributed by atoms with E-state index in [1.807, 2.05) is 6.08 Å². The van der Waals surface area contributed by atoms with Crippen LogP contribution in [-0.2, 0) is 5.41 Å². The van der Waals surface area contributed by atoms with Crippen molar-refractivity contribution in [3.63, 3.8) is 0 Å². The van der Waals surface area contributed by atoms with Gasteiger partial charge in [-0.2, -0.15) is 0 Å². The van der Waals surface area contributed by atoms with Gasteiger partial charge in [0.05, 0.1) is 11.0 Å². The first kappa shape index (κ1) is 35.3. The van der Waals surface area contributed by atoms with Gasteiger partial charge in [-0.3, -0.25) is 0 Å². The van der Waals surface area contributed by atoms with Crippen LogP contribution in [0.15, 0.2) is 189 Å². The van der Waals surface area contributed by atoms with Gasteiger partial charge >= 0.3 is 0 Å². The SMILES string of the molecule is C=C/C=C(\C/C=C\C=C(\c1ccccc1)C(C)Nc1ccc(-c2ccc3c(c2)c2cc(C(C)(C)C)ccc2n3-c2ccccc2)cc1)c1ccccc1. The molecule has 6 aromatic carbocycles. The van der Waals surface area contributed by atoms with Gasteiger partial charge in [0.25, 0.3) is 0 Å². The van der Waals surface area contributed by atoms with Gasteiger partial charge in [0.1, 0.15) is 0 Å². The number of allylic oxidation sites excluding steroid dienone is 6. The van der Waals surface area contributed by atoms with Crippen molar-refractivity contribution in [1.82, 2.24) is 4.57 Å². The van der Waals surface area contributed by atoms with Crippen LogP contribution in [0, 0.1) is 0 Å². The molecule has 1 unspecified atom stereocenters. The lowest BCUT2D eigenvalue weighted by Gasteiger charge is -2.20. The van der Waals surface area contributed by atoms with Crippen molar-refractivity contribution in [3.05, 3.63) is 205 Å². The normalized spacial score (nSPS) is 13.1. The van der Waals surface area contributed by atoms with Crippen LogP contribution < -0.4 is 5.32 Å². The molecule has 2 nitrogen and oxygen atoms in total. The molecule has 1 atom stereocenters. The summed E-state index contributed by atoms with van der Waals surface area (Å²) >= 11 is 0. The smallest absolute Gasteiger partial charge is 0.0541 e. The van der Waals surface area contributed by atoms with Gasteiger partial charge in [-0.15, -0.1) is 0 Å². The minimum atomic E-state index is 0.0629. The largest absolute Gasteiger partial charge is 0.378 e. The van der Waals surface area contributed by atoms with Gasteiger partial charge < -0.3 is 9.88 Å². The molecule has 0 spiro atoms. The second-order valence-electron chi connectivity index (χ2n) is 14.7. The summed E-state index contributed by atoms with van der Waals surface area (Å²) in [6.45, 7) is 13.0. The van der Waals surface area contributed by atoms with E-state index in [4.69, 9.17) is 0 Å².